The molecule has 26 valence electrons. The predicted molar refractivity (Wildman–Crippen MR) is 24.7 cm³/mol. The molecule has 0 aromatic heterocycles. The maximum absolute atomic E-state index is 5.25. The van der Waals surface area contributed by atoms with Crippen LogP contribution in [0, 0.1) is 0 Å². The first-order chi connectivity index (χ1) is 1.73. The standard InChI is InChI=1S/CH3.2ClH.Sn.H/h1H3;2*1H;;/q;;;+2;/p-2. The average molecular weight is 206 g/mol. The first kappa shape index (κ1) is 5.38. The molecule has 0 aliphatic rings. The van der Waals surface area contributed by atoms with Crippen LogP contribution in [-0.2, 0) is 0 Å². The molecule has 0 nitrogen and oxygen atoms in total. The van der Waals surface area contributed by atoms with Gasteiger partial charge < -0.3 is 0 Å². The van der Waals surface area contributed by atoms with Gasteiger partial charge in [0.1, 0.15) is 0 Å². The van der Waals surface area contributed by atoms with Crippen molar-refractivity contribution in [2.75, 3.05) is 0 Å². The van der Waals surface area contributed by atoms with Crippen molar-refractivity contribution in [3.8, 4) is 0 Å². The monoisotopic (exact) mass is 206 g/mol. The van der Waals surface area contributed by atoms with Gasteiger partial charge in [-0.2, -0.15) is 0 Å². The van der Waals surface area contributed by atoms with Crippen LogP contribution in [0.1, 0.15) is 0 Å². The Morgan fingerprint density at radius 3 is 1.50 bits per heavy atom. The third-order valence-electron chi connectivity index (χ3n) is 0. The second-order valence-electron chi connectivity index (χ2n) is 0.519. The van der Waals surface area contributed by atoms with Crippen molar-refractivity contribution in [2.24, 2.45) is 0 Å². The Balaban J connectivity index is 2.32. The summed E-state index contributed by atoms with van der Waals surface area (Å²) < 4.78 is 0. The summed E-state index contributed by atoms with van der Waals surface area (Å²) in [6, 6.07) is 0. The van der Waals surface area contributed by atoms with E-state index in [1.807, 2.05) is 4.94 Å². The topological polar surface area (TPSA) is 0 Å². The van der Waals surface area contributed by atoms with Gasteiger partial charge in [-0.05, 0) is 0 Å². The molecule has 0 fully saturated rings. The molecule has 0 rings (SSSR count). The van der Waals surface area contributed by atoms with Gasteiger partial charge in [0.05, 0.1) is 0 Å². The van der Waals surface area contributed by atoms with E-state index < -0.39 is 17.5 Å². The number of hydrogen-bond acceptors (Lipinski definition) is 0. The molecule has 0 unspecified atom stereocenters. The van der Waals surface area contributed by atoms with E-state index in [9.17, 15) is 0 Å². The summed E-state index contributed by atoms with van der Waals surface area (Å²) in [6.45, 7) is 0. The van der Waals surface area contributed by atoms with Gasteiger partial charge in [-0.1, -0.05) is 0 Å². The van der Waals surface area contributed by atoms with Gasteiger partial charge >= 0.3 is 40.3 Å². The molecule has 0 aliphatic heterocycles. The van der Waals surface area contributed by atoms with E-state index in [-0.39, 0.29) is 0 Å². The van der Waals surface area contributed by atoms with E-state index in [1.54, 1.807) is 0 Å². The second kappa shape index (κ2) is 2.61. The Morgan fingerprint density at radius 1 is 1.50 bits per heavy atom. The normalized spacial score (nSPS) is 9.00. The molecule has 0 radical (unpaired) electrons. The molecule has 0 amide bonds. The number of hydrogen-bond donors (Lipinski definition) is 0. The van der Waals surface area contributed by atoms with E-state index >= 15 is 0 Å². The molecule has 0 heterocycles. The first-order valence-corrected chi connectivity index (χ1v) is 12.7. The van der Waals surface area contributed by atoms with E-state index in [0.29, 0.717) is 0 Å². The Hall–Kier alpha value is 1.38. The predicted octanol–water partition coefficient (Wildman–Crippen LogP) is 1.31. The fraction of sp³-hybridized carbons (Fsp3) is 1.00. The van der Waals surface area contributed by atoms with Crippen LogP contribution in [0.15, 0.2) is 0 Å². The SMILES string of the molecule is [CH3][SnH]([Cl])[Cl]. The molecule has 0 atom stereocenters. The van der Waals surface area contributed by atoms with Gasteiger partial charge in [0, 0.05) is 0 Å². The Morgan fingerprint density at radius 2 is 1.50 bits per heavy atom. The van der Waals surface area contributed by atoms with Gasteiger partial charge in [0.25, 0.3) is 0 Å². The van der Waals surface area contributed by atoms with Crippen LogP contribution in [0.4, 0.5) is 0 Å². The van der Waals surface area contributed by atoms with Crippen molar-refractivity contribution < 1.29 is 0 Å². The van der Waals surface area contributed by atoms with Gasteiger partial charge in [-0.3, -0.25) is 0 Å². The molecule has 0 aliphatic carbocycles. The first-order valence-electron chi connectivity index (χ1n) is 1.01. The van der Waals surface area contributed by atoms with Crippen molar-refractivity contribution in [3.63, 3.8) is 0 Å². The van der Waals surface area contributed by atoms with Crippen LogP contribution in [0.25, 0.3) is 0 Å². The summed E-state index contributed by atoms with van der Waals surface area (Å²) in [5, 5.41) is 0. The maximum atomic E-state index is 5.25. The molecule has 0 N–H and O–H groups in total. The zero-order valence-electron chi connectivity index (χ0n) is 2.33. The zero-order chi connectivity index (χ0) is 3.58. The van der Waals surface area contributed by atoms with Gasteiger partial charge in [-0.15, -0.1) is 0 Å². The molecular formula is CH4Cl2Sn. The summed E-state index contributed by atoms with van der Waals surface area (Å²) in [6.07, 6.45) is 0. The van der Waals surface area contributed by atoms with Crippen LogP contribution < -0.4 is 0 Å². The van der Waals surface area contributed by atoms with Crippen molar-refractivity contribution in [1.82, 2.24) is 0 Å². The van der Waals surface area contributed by atoms with Crippen LogP contribution in [0.3, 0.4) is 0 Å². The Kier molecular flexibility index (Phi) is 3.51. The van der Waals surface area contributed by atoms with E-state index in [4.69, 9.17) is 17.8 Å². The fourth-order valence-corrected chi connectivity index (χ4v) is 0. The summed E-state index contributed by atoms with van der Waals surface area (Å²) in [5.41, 5.74) is 0. The fourth-order valence-electron chi connectivity index (χ4n) is 0. The molecule has 0 bridgehead atoms. The summed E-state index contributed by atoms with van der Waals surface area (Å²) in [7, 11) is 10.5. The molecule has 0 aromatic carbocycles. The Labute approximate surface area is 40.3 Å². The van der Waals surface area contributed by atoms with Crippen LogP contribution in [0.2, 0.25) is 4.94 Å². The summed E-state index contributed by atoms with van der Waals surface area (Å²) >= 11 is -1.69. The molecule has 0 saturated carbocycles. The van der Waals surface area contributed by atoms with Crippen molar-refractivity contribution in [2.45, 2.75) is 4.94 Å². The number of rotatable bonds is 0. The van der Waals surface area contributed by atoms with Crippen molar-refractivity contribution in [3.05, 3.63) is 0 Å². The minimum atomic E-state index is -1.69. The minimum absolute atomic E-state index is 1.69. The third-order valence-corrected chi connectivity index (χ3v) is 0. The molecule has 0 saturated heterocycles. The van der Waals surface area contributed by atoms with E-state index in [2.05, 4.69) is 0 Å². The van der Waals surface area contributed by atoms with Crippen LogP contribution in [0.5, 0.6) is 0 Å². The molecular weight excluding hydrogens is 202 g/mol. The molecule has 0 aromatic rings. The van der Waals surface area contributed by atoms with E-state index in [0.717, 1.165) is 0 Å². The Bertz CT molecular complexity index is 10.8. The molecule has 3 heteroatoms. The average Bonchev–Trinajstić information content (AvgIpc) is 0.811. The molecule has 0 spiro atoms. The number of halogens is 2. The quantitative estimate of drug-likeness (QED) is 0.524. The van der Waals surface area contributed by atoms with Gasteiger partial charge in [-0.25, -0.2) is 0 Å². The van der Waals surface area contributed by atoms with Crippen molar-refractivity contribution >= 4 is 35.3 Å². The summed E-state index contributed by atoms with van der Waals surface area (Å²) in [4.78, 5) is 1.91. The van der Waals surface area contributed by atoms with Crippen LogP contribution in [-0.4, -0.2) is 17.5 Å². The van der Waals surface area contributed by atoms with Crippen LogP contribution >= 0.6 is 17.8 Å². The molecule has 4 heavy (non-hydrogen) atoms. The van der Waals surface area contributed by atoms with Gasteiger partial charge in [0.15, 0.2) is 0 Å². The third kappa shape index (κ3) is 10.1. The van der Waals surface area contributed by atoms with Crippen molar-refractivity contribution in [1.29, 1.82) is 0 Å². The summed E-state index contributed by atoms with van der Waals surface area (Å²) in [5.74, 6) is 0. The zero-order valence-corrected chi connectivity index (χ0v) is 7.14. The second-order valence-corrected chi connectivity index (χ2v) is 13.8. The van der Waals surface area contributed by atoms with Gasteiger partial charge in [0.2, 0.25) is 0 Å². The van der Waals surface area contributed by atoms with E-state index in [1.165, 1.54) is 0 Å².